The number of para-hydroxylation sites is 1. The van der Waals surface area contributed by atoms with Crippen molar-refractivity contribution in [1.29, 1.82) is 0 Å². The number of carbonyl (C=O) groups is 4. The first-order valence-corrected chi connectivity index (χ1v) is 16.7. The van der Waals surface area contributed by atoms with E-state index in [1.807, 2.05) is 24.4 Å². The van der Waals surface area contributed by atoms with Crippen LogP contribution in [0, 0.1) is 5.92 Å². The number of rotatable bonds is 24. The molecule has 0 aliphatic rings. The number of aromatic amines is 1. The Bertz CT molecular complexity index is 1350. The fourth-order valence-electron chi connectivity index (χ4n) is 5.66. The van der Waals surface area contributed by atoms with Gasteiger partial charge in [0.25, 0.3) is 0 Å². The molecule has 1 aromatic heterocycles. The van der Waals surface area contributed by atoms with Gasteiger partial charge in [0.15, 0.2) is 11.9 Å². The number of nitrogens with two attached hydrogens (primary N) is 4. The number of fused-ring (bicyclic) bond motifs is 1. The maximum atomic E-state index is 13.4. The van der Waals surface area contributed by atoms with Gasteiger partial charge in [-0.1, -0.05) is 25.1 Å². The Kier molecular flexibility index (Phi) is 17.6. The predicted molar refractivity (Wildman–Crippen MR) is 187 cm³/mol. The lowest BCUT2D eigenvalue weighted by molar-refractivity contribution is -0.124. The average molecular weight is 654 g/mol. The van der Waals surface area contributed by atoms with Crippen LogP contribution in [-0.2, 0) is 25.6 Å². The second kappa shape index (κ2) is 21.4. The third-order valence-corrected chi connectivity index (χ3v) is 8.16. The number of hydrogen-bond donors (Lipinski definition) is 7. The van der Waals surface area contributed by atoms with Crippen LogP contribution in [0.3, 0.4) is 0 Å². The Balaban J connectivity index is 2.07. The molecule has 13 nitrogen and oxygen atoms in total. The number of Topliss-reactive ketones (excluding diaryl/α,β-unsaturated/α-hetero) is 2. The summed E-state index contributed by atoms with van der Waals surface area (Å²) in [6.07, 6.45) is 8.49. The molecule has 2 aromatic rings. The Morgan fingerprint density at radius 1 is 0.787 bits per heavy atom. The lowest BCUT2D eigenvalue weighted by Crippen LogP contribution is -2.36. The second-order valence-corrected chi connectivity index (χ2v) is 12.3. The molecule has 0 radical (unpaired) electrons. The maximum absolute atomic E-state index is 13.4. The highest BCUT2D eigenvalue weighted by Gasteiger charge is 2.21. The summed E-state index contributed by atoms with van der Waals surface area (Å²) < 4.78 is 0. The molecule has 0 aliphatic carbocycles. The molecule has 11 N–H and O–H groups in total. The van der Waals surface area contributed by atoms with Crippen molar-refractivity contribution in [2.45, 2.75) is 109 Å². The monoisotopic (exact) mass is 653 g/mol. The van der Waals surface area contributed by atoms with E-state index < -0.39 is 0 Å². The van der Waals surface area contributed by atoms with E-state index in [1.165, 1.54) is 6.92 Å². The first kappa shape index (κ1) is 38.8. The van der Waals surface area contributed by atoms with Crippen LogP contribution in [-0.4, -0.2) is 65.5 Å². The molecule has 0 fully saturated rings. The average Bonchev–Trinajstić information content (AvgIpc) is 3.43. The molecule has 2 amide bonds. The van der Waals surface area contributed by atoms with E-state index >= 15 is 0 Å². The predicted octanol–water partition coefficient (Wildman–Crippen LogP) is 2.70. The Morgan fingerprint density at radius 2 is 1.38 bits per heavy atom. The number of carbonyl (C=O) groups excluding carboxylic acids is 4. The Labute approximate surface area is 278 Å². The molecule has 0 aliphatic heterocycles. The number of ketones is 2. The van der Waals surface area contributed by atoms with Crippen LogP contribution in [0.25, 0.3) is 10.9 Å². The Hall–Kier alpha value is -4.42. The summed E-state index contributed by atoms with van der Waals surface area (Å²) in [6.45, 7) is 4.23. The molecule has 1 aromatic carbocycles. The molecule has 0 unspecified atom stereocenters. The molecule has 260 valence electrons. The molecule has 13 heteroatoms. The van der Waals surface area contributed by atoms with Gasteiger partial charge in [-0.15, -0.1) is 0 Å². The quantitative estimate of drug-likeness (QED) is 0.0504. The molecule has 2 rings (SSSR count). The summed E-state index contributed by atoms with van der Waals surface area (Å²) in [5.41, 5.74) is 23.8. The van der Waals surface area contributed by atoms with Gasteiger partial charge in [-0.25, -0.2) is 0 Å². The van der Waals surface area contributed by atoms with Crippen molar-refractivity contribution in [3.05, 3.63) is 36.0 Å². The molecule has 0 bridgehead atoms. The molecule has 0 spiro atoms. The highest BCUT2D eigenvalue weighted by atomic mass is 16.2. The number of benzene rings is 1. The second-order valence-electron chi connectivity index (χ2n) is 12.3. The first-order valence-electron chi connectivity index (χ1n) is 16.7. The minimum atomic E-state index is -0.170. The van der Waals surface area contributed by atoms with Crippen molar-refractivity contribution >= 4 is 46.2 Å². The zero-order valence-electron chi connectivity index (χ0n) is 28.1. The highest BCUT2D eigenvalue weighted by Crippen LogP contribution is 2.25. The lowest BCUT2D eigenvalue weighted by atomic mass is 9.88. The number of hydrogen-bond acceptors (Lipinski definition) is 6. The topological polar surface area (TPSA) is 237 Å². The van der Waals surface area contributed by atoms with Crippen molar-refractivity contribution in [2.75, 3.05) is 13.1 Å². The standard InChI is InChI=1S/C34H55N9O4/c1-3-31(46)42-27(9-7-19-40-34(37)38)15-16-28(45)21-24(20-25-22-41-30-11-5-4-10-29(25)30)13-17-32(47)43-26(14-12-23(2)44)8-6-18-39-33(35)36/h4-5,10-11,22,24,26-27,41H,3,6-9,12-21H2,1-2H3,(H,42,46)(H,43,47)(H4,35,36,39)(H4,37,38,40)/t24-,26+,27+/m1/s1. The third kappa shape index (κ3) is 16.6. The van der Waals surface area contributed by atoms with Crippen LogP contribution < -0.4 is 33.6 Å². The van der Waals surface area contributed by atoms with Crippen molar-refractivity contribution in [3.63, 3.8) is 0 Å². The fraction of sp³-hybridized carbons (Fsp3) is 0.588. The summed E-state index contributed by atoms with van der Waals surface area (Å²) in [4.78, 5) is 61.6. The molecule has 47 heavy (non-hydrogen) atoms. The third-order valence-electron chi connectivity index (χ3n) is 8.16. The number of nitrogens with one attached hydrogen (secondary N) is 3. The summed E-state index contributed by atoms with van der Waals surface area (Å²) in [7, 11) is 0. The van der Waals surface area contributed by atoms with Crippen LogP contribution in [0.5, 0.6) is 0 Å². The largest absolute Gasteiger partial charge is 0.370 e. The van der Waals surface area contributed by atoms with E-state index in [0.29, 0.717) is 90.1 Å². The Morgan fingerprint density at radius 3 is 1.98 bits per heavy atom. The van der Waals surface area contributed by atoms with E-state index in [2.05, 4.69) is 31.7 Å². The van der Waals surface area contributed by atoms with Gasteiger partial charge < -0.3 is 43.3 Å². The molecular weight excluding hydrogens is 598 g/mol. The van der Waals surface area contributed by atoms with Gasteiger partial charge in [-0.3, -0.25) is 24.4 Å². The molecule has 0 saturated carbocycles. The zero-order valence-corrected chi connectivity index (χ0v) is 28.1. The van der Waals surface area contributed by atoms with Gasteiger partial charge in [-0.2, -0.15) is 0 Å². The normalized spacial score (nSPS) is 12.9. The van der Waals surface area contributed by atoms with Gasteiger partial charge in [0.1, 0.15) is 11.6 Å². The van der Waals surface area contributed by atoms with Crippen molar-refractivity contribution in [3.8, 4) is 0 Å². The van der Waals surface area contributed by atoms with Crippen molar-refractivity contribution in [2.24, 2.45) is 38.8 Å². The van der Waals surface area contributed by atoms with E-state index in [-0.39, 0.29) is 59.7 Å². The van der Waals surface area contributed by atoms with E-state index in [1.54, 1.807) is 6.92 Å². The minimum Gasteiger partial charge on any atom is -0.370 e. The first-order chi connectivity index (χ1) is 22.5. The smallest absolute Gasteiger partial charge is 0.220 e. The zero-order chi connectivity index (χ0) is 34.6. The number of amides is 2. The summed E-state index contributed by atoms with van der Waals surface area (Å²) in [5.74, 6) is -0.0287. The number of aliphatic imine (C=N–C) groups is 2. The minimum absolute atomic E-state index is 0.0224. The lowest BCUT2D eigenvalue weighted by Gasteiger charge is -2.21. The molecular formula is C34H55N9O4. The van der Waals surface area contributed by atoms with Gasteiger partial charge in [-0.05, 0) is 75.8 Å². The number of nitrogens with zero attached hydrogens (tertiary/aromatic N) is 2. The molecule has 3 atom stereocenters. The maximum Gasteiger partial charge on any atom is 0.220 e. The van der Waals surface area contributed by atoms with Gasteiger partial charge in [0, 0.05) is 74.4 Å². The number of aromatic nitrogens is 1. The molecule has 0 saturated heterocycles. The van der Waals surface area contributed by atoms with Crippen LogP contribution >= 0.6 is 0 Å². The van der Waals surface area contributed by atoms with Crippen molar-refractivity contribution < 1.29 is 19.2 Å². The van der Waals surface area contributed by atoms with Crippen LogP contribution in [0.2, 0.25) is 0 Å². The highest BCUT2D eigenvalue weighted by molar-refractivity contribution is 5.84. The summed E-state index contributed by atoms with van der Waals surface area (Å²) in [5, 5.41) is 7.21. The van der Waals surface area contributed by atoms with Crippen molar-refractivity contribution in [1.82, 2.24) is 15.6 Å². The summed E-state index contributed by atoms with van der Waals surface area (Å²) >= 11 is 0. The van der Waals surface area contributed by atoms with Crippen LogP contribution in [0.4, 0.5) is 0 Å². The van der Waals surface area contributed by atoms with Gasteiger partial charge in [0.05, 0.1) is 0 Å². The SMILES string of the molecule is CCC(=O)N[C@@H](CCCN=C(N)N)CCC(=O)C[C@H](CCC(=O)N[C@@H](CCCN=C(N)N)CCC(C)=O)Cc1c[nH]c2ccccc12. The molecule has 1 heterocycles. The van der Waals surface area contributed by atoms with Gasteiger partial charge in [0.2, 0.25) is 11.8 Å². The van der Waals surface area contributed by atoms with Crippen LogP contribution in [0.15, 0.2) is 40.4 Å². The van der Waals surface area contributed by atoms with Crippen LogP contribution in [0.1, 0.15) is 96.5 Å². The van der Waals surface area contributed by atoms with E-state index in [0.717, 1.165) is 16.5 Å². The van der Waals surface area contributed by atoms with Gasteiger partial charge >= 0.3 is 0 Å². The number of guanidine groups is 2. The van der Waals surface area contributed by atoms with E-state index in [4.69, 9.17) is 22.9 Å². The fourth-order valence-corrected chi connectivity index (χ4v) is 5.66. The number of H-pyrrole nitrogens is 1. The summed E-state index contributed by atoms with van der Waals surface area (Å²) in [6, 6.07) is 7.70. The van der Waals surface area contributed by atoms with E-state index in [9.17, 15) is 19.2 Å².